The fourth-order valence-corrected chi connectivity index (χ4v) is 4.12. The van der Waals surface area contributed by atoms with Crippen molar-refractivity contribution in [2.75, 3.05) is 11.9 Å². The van der Waals surface area contributed by atoms with E-state index >= 15 is 0 Å². The number of fused-ring (bicyclic) bond motifs is 2. The summed E-state index contributed by atoms with van der Waals surface area (Å²) >= 11 is 0. The number of aromatic nitrogens is 4. The number of aliphatic hydroxyl groups is 1. The van der Waals surface area contributed by atoms with Gasteiger partial charge in [-0.1, -0.05) is 6.92 Å². The van der Waals surface area contributed by atoms with Crippen molar-refractivity contribution in [2.24, 2.45) is 0 Å². The molecule has 1 amide bonds. The number of nitrogens with zero attached hydrogens (tertiary/aromatic N) is 3. The normalized spacial score (nSPS) is 32.4. The van der Waals surface area contributed by atoms with Crippen LogP contribution in [0.25, 0.3) is 11.2 Å². The SMILES string of the molecule is CCCC(=O)Nc1nc2c(ncn2[C@@H]2O[C@@H]3COP(=O)(O)O[C@H]3[C@H]2O)c(=O)[nH]1. The van der Waals surface area contributed by atoms with Crippen molar-refractivity contribution >= 4 is 30.8 Å². The monoisotopic (exact) mass is 415 g/mol. The molecule has 13 nitrogen and oxygen atoms in total. The van der Waals surface area contributed by atoms with Crippen LogP contribution in [0, 0.1) is 0 Å². The number of phosphoric acid groups is 1. The predicted octanol–water partition coefficient (Wildman–Crippen LogP) is -0.368. The minimum absolute atomic E-state index is 0.0239. The molecule has 2 aromatic heterocycles. The lowest BCUT2D eigenvalue weighted by Crippen LogP contribution is -2.39. The Hall–Kier alpha value is -2.15. The second-order valence-electron chi connectivity index (χ2n) is 6.43. The number of hydrogen-bond donors (Lipinski definition) is 4. The molecule has 5 atom stereocenters. The minimum Gasteiger partial charge on any atom is -0.386 e. The van der Waals surface area contributed by atoms with E-state index in [4.69, 9.17) is 13.8 Å². The van der Waals surface area contributed by atoms with Crippen LogP contribution in [-0.4, -0.2) is 60.3 Å². The zero-order valence-electron chi connectivity index (χ0n) is 14.6. The van der Waals surface area contributed by atoms with Gasteiger partial charge in [-0.3, -0.25) is 33.5 Å². The number of phosphoric ester groups is 1. The number of carbonyl (C=O) groups excluding carboxylic acids is 1. The molecule has 0 aliphatic carbocycles. The third-order valence-corrected chi connectivity index (χ3v) is 5.39. The number of nitrogens with one attached hydrogen (secondary N) is 2. The second kappa shape index (κ2) is 7.03. The van der Waals surface area contributed by atoms with Gasteiger partial charge in [0.25, 0.3) is 5.56 Å². The quantitative estimate of drug-likeness (QED) is 0.482. The molecule has 0 radical (unpaired) electrons. The van der Waals surface area contributed by atoms with E-state index in [0.717, 1.165) is 0 Å². The standard InChI is InChI=1S/C14H18N5O8P/c1-2-3-7(20)16-14-17-11-8(12(22)18-14)15-5-19(11)13-9(21)10-6(26-13)4-25-28(23,24)27-10/h5-6,9-10,13,21H,2-4H2,1H3,(H,23,24)(H2,16,17,18,20,22)/t6-,9-,10-,13-/m1/s1. The van der Waals surface area contributed by atoms with Crippen LogP contribution in [0.5, 0.6) is 0 Å². The Morgan fingerprint density at radius 3 is 3.07 bits per heavy atom. The number of rotatable bonds is 4. The number of ether oxygens (including phenoxy) is 1. The summed E-state index contributed by atoms with van der Waals surface area (Å²) in [4.78, 5) is 44.1. The topological polar surface area (TPSA) is 178 Å². The molecule has 0 saturated carbocycles. The van der Waals surface area contributed by atoms with Gasteiger partial charge in [-0.2, -0.15) is 4.98 Å². The largest absolute Gasteiger partial charge is 0.472 e. The van der Waals surface area contributed by atoms with Crippen molar-refractivity contribution in [3.8, 4) is 0 Å². The van der Waals surface area contributed by atoms with Crippen molar-refractivity contribution < 1.29 is 33.1 Å². The van der Waals surface area contributed by atoms with Crippen LogP contribution < -0.4 is 10.9 Å². The molecule has 0 aromatic carbocycles. The van der Waals surface area contributed by atoms with Crippen molar-refractivity contribution in [3.05, 3.63) is 16.7 Å². The first-order valence-corrected chi connectivity index (χ1v) is 10.0. The summed E-state index contributed by atoms with van der Waals surface area (Å²) in [6, 6.07) is 0. The first-order valence-electron chi connectivity index (χ1n) is 8.55. The summed E-state index contributed by atoms with van der Waals surface area (Å²) in [6.07, 6.45) is -2.20. The maximum Gasteiger partial charge on any atom is 0.472 e. The number of aliphatic hydroxyl groups excluding tert-OH is 1. The van der Waals surface area contributed by atoms with Crippen LogP contribution in [0.1, 0.15) is 26.0 Å². The Morgan fingerprint density at radius 1 is 1.54 bits per heavy atom. The highest BCUT2D eigenvalue weighted by atomic mass is 31.2. The van der Waals surface area contributed by atoms with Gasteiger partial charge in [0.1, 0.15) is 18.3 Å². The molecule has 0 spiro atoms. The molecule has 2 aliphatic heterocycles. The van der Waals surface area contributed by atoms with Gasteiger partial charge >= 0.3 is 7.82 Å². The summed E-state index contributed by atoms with van der Waals surface area (Å²) in [7, 11) is -4.27. The van der Waals surface area contributed by atoms with Gasteiger partial charge < -0.3 is 14.7 Å². The van der Waals surface area contributed by atoms with Crippen LogP contribution in [0.2, 0.25) is 0 Å². The average Bonchev–Trinajstić information content (AvgIpc) is 3.16. The maximum atomic E-state index is 12.2. The summed E-state index contributed by atoms with van der Waals surface area (Å²) in [6.45, 7) is 1.59. The lowest BCUT2D eigenvalue weighted by atomic mass is 10.1. The third kappa shape index (κ3) is 3.36. The Morgan fingerprint density at radius 2 is 2.32 bits per heavy atom. The second-order valence-corrected chi connectivity index (χ2v) is 7.83. The van der Waals surface area contributed by atoms with Crippen LogP contribution >= 0.6 is 7.82 Å². The fourth-order valence-electron chi connectivity index (χ4n) is 3.16. The molecule has 4 rings (SSSR count). The number of anilines is 1. The van der Waals surface area contributed by atoms with E-state index in [1.165, 1.54) is 10.9 Å². The van der Waals surface area contributed by atoms with E-state index < -0.39 is 37.9 Å². The summed E-state index contributed by atoms with van der Waals surface area (Å²) in [5.41, 5.74) is -0.546. The van der Waals surface area contributed by atoms with Gasteiger partial charge in [0.15, 0.2) is 17.4 Å². The summed E-state index contributed by atoms with van der Waals surface area (Å²) < 4.78 is 28.2. The first-order chi connectivity index (χ1) is 13.3. The van der Waals surface area contributed by atoms with Gasteiger partial charge in [0, 0.05) is 6.42 Å². The molecule has 28 heavy (non-hydrogen) atoms. The van der Waals surface area contributed by atoms with E-state index in [-0.39, 0.29) is 36.0 Å². The molecule has 0 bridgehead atoms. The predicted molar refractivity (Wildman–Crippen MR) is 92.3 cm³/mol. The third-order valence-electron chi connectivity index (χ3n) is 4.41. The molecular weight excluding hydrogens is 397 g/mol. The zero-order chi connectivity index (χ0) is 20.1. The van der Waals surface area contributed by atoms with E-state index in [1.54, 1.807) is 0 Å². The van der Waals surface area contributed by atoms with Crippen molar-refractivity contribution in [2.45, 2.75) is 44.3 Å². The van der Waals surface area contributed by atoms with Gasteiger partial charge in [0.05, 0.1) is 12.9 Å². The summed E-state index contributed by atoms with van der Waals surface area (Å²) in [5.74, 6) is -0.384. The number of amides is 1. The van der Waals surface area contributed by atoms with Gasteiger partial charge in [-0.25, -0.2) is 9.55 Å². The molecule has 2 aliphatic rings. The Bertz CT molecular complexity index is 1020. The minimum atomic E-state index is -4.27. The Kier molecular flexibility index (Phi) is 4.81. The van der Waals surface area contributed by atoms with Gasteiger partial charge in [-0.05, 0) is 6.42 Å². The number of imidazole rings is 1. The molecule has 152 valence electrons. The van der Waals surface area contributed by atoms with Crippen LogP contribution in [0.15, 0.2) is 11.1 Å². The van der Waals surface area contributed by atoms with Crippen LogP contribution in [0.4, 0.5) is 5.95 Å². The molecular formula is C14H18N5O8P. The van der Waals surface area contributed by atoms with Gasteiger partial charge in [-0.15, -0.1) is 0 Å². The van der Waals surface area contributed by atoms with Crippen molar-refractivity contribution in [3.63, 3.8) is 0 Å². The maximum absolute atomic E-state index is 12.2. The number of hydrogen-bond acceptors (Lipinski definition) is 9. The van der Waals surface area contributed by atoms with Crippen LogP contribution in [0.3, 0.4) is 0 Å². The number of H-pyrrole nitrogens is 1. The number of aromatic amines is 1. The molecule has 2 aromatic rings. The highest BCUT2D eigenvalue weighted by Crippen LogP contribution is 2.52. The van der Waals surface area contributed by atoms with E-state index in [2.05, 4.69) is 20.3 Å². The smallest absolute Gasteiger partial charge is 0.386 e. The lowest BCUT2D eigenvalue weighted by Gasteiger charge is -2.27. The number of carbonyl (C=O) groups is 1. The summed E-state index contributed by atoms with van der Waals surface area (Å²) in [5, 5.41) is 13.0. The van der Waals surface area contributed by atoms with Crippen LogP contribution in [-0.2, 0) is 23.1 Å². The molecule has 1 unspecified atom stereocenters. The van der Waals surface area contributed by atoms with Gasteiger partial charge in [0.2, 0.25) is 11.9 Å². The molecule has 4 heterocycles. The van der Waals surface area contributed by atoms with E-state index in [9.17, 15) is 24.2 Å². The average molecular weight is 415 g/mol. The molecule has 2 saturated heterocycles. The van der Waals surface area contributed by atoms with Crippen molar-refractivity contribution in [1.29, 1.82) is 0 Å². The highest BCUT2D eigenvalue weighted by Gasteiger charge is 2.52. The fraction of sp³-hybridized carbons (Fsp3) is 0.571. The molecule has 2 fully saturated rings. The lowest BCUT2D eigenvalue weighted by molar-refractivity contribution is -0.116. The van der Waals surface area contributed by atoms with E-state index in [0.29, 0.717) is 6.42 Å². The molecule has 14 heteroatoms. The Balaban J connectivity index is 1.67. The van der Waals surface area contributed by atoms with E-state index in [1.807, 2.05) is 6.92 Å². The van der Waals surface area contributed by atoms with Crippen molar-refractivity contribution in [1.82, 2.24) is 19.5 Å². The Labute approximate surface area is 157 Å². The molecule has 4 N–H and O–H groups in total. The highest BCUT2D eigenvalue weighted by molar-refractivity contribution is 7.47. The first kappa shape index (κ1) is 19.2. The zero-order valence-corrected chi connectivity index (χ0v) is 15.5.